The first kappa shape index (κ1) is 11.7. The Labute approximate surface area is 102 Å². The molecule has 90 valence electrons. The van der Waals surface area contributed by atoms with Crippen molar-refractivity contribution < 1.29 is 0 Å². The van der Waals surface area contributed by atoms with E-state index in [-0.39, 0.29) is 0 Å². The van der Waals surface area contributed by atoms with E-state index in [9.17, 15) is 0 Å². The van der Waals surface area contributed by atoms with Gasteiger partial charge in [-0.25, -0.2) is 0 Å². The number of fused-ring (bicyclic) bond motifs is 1. The van der Waals surface area contributed by atoms with Crippen molar-refractivity contribution in [3.63, 3.8) is 0 Å². The third-order valence-corrected chi connectivity index (χ3v) is 3.06. The van der Waals surface area contributed by atoms with Crippen molar-refractivity contribution in [2.45, 2.75) is 19.8 Å². The van der Waals surface area contributed by atoms with E-state index in [1.807, 2.05) is 25.6 Å². The zero-order chi connectivity index (χ0) is 12.3. The summed E-state index contributed by atoms with van der Waals surface area (Å²) >= 11 is 0. The van der Waals surface area contributed by atoms with Crippen molar-refractivity contribution in [3.05, 3.63) is 35.9 Å². The highest BCUT2D eigenvalue weighted by Gasteiger charge is 2.11. The molecule has 0 aliphatic carbocycles. The van der Waals surface area contributed by atoms with E-state index in [1.54, 1.807) is 0 Å². The van der Waals surface area contributed by atoms with Crippen molar-refractivity contribution in [1.82, 2.24) is 14.9 Å². The van der Waals surface area contributed by atoms with Crippen LogP contribution in [-0.2, 0) is 13.5 Å². The van der Waals surface area contributed by atoms with Gasteiger partial charge in [-0.2, -0.15) is 0 Å². The minimum absolute atomic E-state index is 1.09. The van der Waals surface area contributed by atoms with Gasteiger partial charge in [-0.3, -0.25) is 4.98 Å². The Morgan fingerprint density at radius 2 is 2.29 bits per heavy atom. The Bertz CT molecular complexity index is 538. The Kier molecular flexibility index (Phi) is 3.47. The molecule has 0 saturated heterocycles. The van der Waals surface area contributed by atoms with Crippen LogP contribution in [0.25, 0.3) is 17.0 Å². The van der Waals surface area contributed by atoms with Gasteiger partial charge in [0.05, 0.1) is 5.52 Å². The highest BCUT2D eigenvalue weighted by molar-refractivity contribution is 5.87. The van der Waals surface area contributed by atoms with Crippen molar-refractivity contribution in [3.8, 4) is 0 Å². The quantitative estimate of drug-likeness (QED) is 0.873. The molecule has 0 aromatic carbocycles. The second-order valence-corrected chi connectivity index (χ2v) is 4.19. The van der Waals surface area contributed by atoms with Crippen LogP contribution < -0.4 is 5.32 Å². The van der Waals surface area contributed by atoms with Gasteiger partial charge in [0.25, 0.3) is 0 Å². The molecule has 0 aliphatic heterocycles. The molecular weight excluding hydrogens is 210 g/mol. The molecule has 2 aromatic rings. The maximum Gasteiger partial charge on any atom is 0.0516 e. The second-order valence-electron chi connectivity index (χ2n) is 4.19. The molecule has 3 nitrogen and oxygen atoms in total. The molecule has 0 radical (unpaired) electrons. The Morgan fingerprint density at radius 3 is 3.00 bits per heavy atom. The molecule has 0 saturated carbocycles. The fourth-order valence-corrected chi connectivity index (χ4v) is 2.27. The van der Waals surface area contributed by atoms with Gasteiger partial charge < -0.3 is 9.88 Å². The first-order chi connectivity index (χ1) is 8.29. The van der Waals surface area contributed by atoms with Gasteiger partial charge in [-0.15, -0.1) is 0 Å². The van der Waals surface area contributed by atoms with Crippen molar-refractivity contribution in [1.29, 1.82) is 0 Å². The lowest BCUT2D eigenvalue weighted by Crippen LogP contribution is -1.96. The number of aryl methyl sites for hydroxylation is 2. The molecule has 1 N–H and O–H groups in total. The Hall–Kier alpha value is -1.77. The third kappa shape index (κ3) is 2.05. The summed E-state index contributed by atoms with van der Waals surface area (Å²) in [5, 5.41) is 4.32. The first-order valence-electron chi connectivity index (χ1n) is 6.04. The van der Waals surface area contributed by atoms with Crippen molar-refractivity contribution >= 4 is 17.0 Å². The normalized spacial score (nSPS) is 11.5. The predicted molar refractivity (Wildman–Crippen MR) is 72.8 cm³/mol. The van der Waals surface area contributed by atoms with E-state index < -0.39 is 0 Å². The van der Waals surface area contributed by atoms with Crippen LogP contribution in [0.2, 0.25) is 0 Å². The predicted octanol–water partition coefficient (Wildman–Crippen LogP) is 2.72. The number of hydrogen-bond acceptors (Lipinski definition) is 2. The van der Waals surface area contributed by atoms with E-state index in [2.05, 4.69) is 41.0 Å². The van der Waals surface area contributed by atoms with Gasteiger partial charge in [0.15, 0.2) is 0 Å². The molecule has 0 bridgehead atoms. The number of aromatic nitrogens is 2. The fourth-order valence-electron chi connectivity index (χ4n) is 2.27. The van der Waals surface area contributed by atoms with Crippen LogP contribution in [0.1, 0.15) is 24.6 Å². The summed E-state index contributed by atoms with van der Waals surface area (Å²) in [7, 11) is 4.02. The largest absolute Gasteiger partial charge is 0.394 e. The van der Waals surface area contributed by atoms with E-state index in [0.29, 0.717) is 0 Å². The van der Waals surface area contributed by atoms with E-state index in [1.165, 1.54) is 22.2 Å². The average Bonchev–Trinajstić information content (AvgIpc) is 2.62. The Balaban J connectivity index is 2.66. The zero-order valence-electron chi connectivity index (χ0n) is 10.7. The summed E-state index contributed by atoms with van der Waals surface area (Å²) < 4.78 is 2.23. The molecule has 0 atom stereocenters. The number of hydrogen-bond donors (Lipinski definition) is 1. The van der Waals surface area contributed by atoms with Crippen LogP contribution in [0.4, 0.5) is 0 Å². The van der Waals surface area contributed by atoms with Gasteiger partial charge in [-0.1, -0.05) is 13.3 Å². The van der Waals surface area contributed by atoms with Gasteiger partial charge >= 0.3 is 0 Å². The molecule has 0 aliphatic rings. The summed E-state index contributed by atoms with van der Waals surface area (Å²) in [6.45, 7) is 2.21. The van der Waals surface area contributed by atoms with Crippen LogP contribution >= 0.6 is 0 Å². The van der Waals surface area contributed by atoms with Gasteiger partial charge in [0.2, 0.25) is 0 Å². The summed E-state index contributed by atoms with van der Waals surface area (Å²) in [5.41, 5.74) is 3.91. The van der Waals surface area contributed by atoms with Gasteiger partial charge in [0, 0.05) is 37.6 Å². The van der Waals surface area contributed by atoms with Crippen LogP contribution in [0.3, 0.4) is 0 Å². The molecule has 2 rings (SSSR count). The molecule has 2 heterocycles. The lowest BCUT2D eigenvalue weighted by atomic mass is 10.1. The highest BCUT2D eigenvalue weighted by Crippen LogP contribution is 2.26. The minimum Gasteiger partial charge on any atom is -0.394 e. The summed E-state index contributed by atoms with van der Waals surface area (Å²) in [4.78, 5) is 4.24. The minimum atomic E-state index is 1.09. The molecule has 2 aromatic heterocycles. The number of pyridine rings is 1. The maximum absolute atomic E-state index is 4.24. The summed E-state index contributed by atoms with van der Waals surface area (Å²) in [6, 6.07) is 2.07. The smallest absolute Gasteiger partial charge is 0.0516 e. The maximum atomic E-state index is 4.24. The van der Waals surface area contributed by atoms with Crippen molar-refractivity contribution in [2.75, 3.05) is 7.05 Å². The van der Waals surface area contributed by atoms with E-state index in [0.717, 1.165) is 12.8 Å². The number of nitrogens with one attached hydrogen (secondary N) is 1. The van der Waals surface area contributed by atoms with E-state index >= 15 is 0 Å². The zero-order valence-corrected chi connectivity index (χ0v) is 10.7. The fraction of sp³-hybridized carbons (Fsp3) is 0.357. The third-order valence-electron chi connectivity index (χ3n) is 3.06. The molecule has 0 spiro atoms. The molecule has 0 unspecified atom stereocenters. The van der Waals surface area contributed by atoms with Crippen LogP contribution in [0, 0.1) is 0 Å². The molecule has 0 fully saturated rings. The van der Waals surface area contributed by atoms with E-state index in [4.69, 9.17) is 0 Å². The second kappa shape index (κ2) is 5.04. The van der Waals surface area contributed by atoms with Crippen LogP contribution in [0.15, 0.2) is 24.7 Å². The lowest BCUT2D eigenvalue weighted by Gasteiger charge is -2.02. The monoisotopic (exact) mass is 229 g/mol. The van der Waals surface area contributed by atoms with Gasteiger partial charge in [-0.05, 0) is 30.3 Å². The molecule has 0 amide bonds. The first-order valence-corrected chi connectivity index (χ1v) is 6.04. The molecule has 17 heavy (non-hydrogen) atoms. The summed E-state index contributed by atoms with van der Waals surface area (Å²) in [6.07, 6.45) is 10.2. The number of rotatable bonds is 4. The topological polar surface area (TPSA) is 29.9 Å². The SMILES string of the molecule is CCCc1c(/C=C\NC)n(C)c2ccncc12. The standard InChI is InChI=1S/C14H19N3/c1-4-5-11-12-10-16-9-7-14(12)17(3)13(11)6-8-15-2/h6-10,15H,4-5H2,1-3H3/b8-6-. The van der Waals surface area contributed by atoms with Crippen molar-refractivity contribution in [2.24, 2.45) is 7.05 Å². The Morgan fingerprint density at radius 1 is 1.47 bits per heavy atom. The highest BCUT2D eigenvalue weighted by atomic mass is 15.0. The number of nitrogens with zero attached hydrogens (tertiary/aromatic N) is 2. The lowest BCUT2D eigenvalue weighted by molar-refractivity contribution is 0.892. The molecular formula is C14H19N3. The summed E-state index contributed by atoms with van der Waals surface area (Å²) in [5.74, 6) is 0. The van der Waals surface area contributed by atoms with Crippen LogP contribution in [0.5, 0.6) is 0 Å². The average molecular weight is 229 g/mol. The van der Waals surface area contributed by atoms with Crippen LogP contribution in [-0.4, -0.2) is 16.6 Å². The molecule has 3 heteroatoms. The van der Waals surface area contributed by atoms with Gasteiger partial charge in [0.1, 0.15) is 0 Å².